The van der Waals surface area contributed by atoms with Crippen LogP contribution < -0.4 is 5.32 Å². The minimum absolute atomic E-state index is 0. The summed E-state index contributed by atoms with van der Waals surface area (Å²) in [6.45, 7) is 5.95. The van der Waals surface area contributed by atoms with Gasteiger partial charge < -0.3 is 5.32 Å². The predicted octanol–water partition coefficient (Wildman–Crippen LogP) is 3.18. The molecule has 4 rings (SSSR count). The van der Waals surface area contributed by atoms with Gasteiger partial charge in [0.25, 0.3) is 0 Å². The lowest BCUT2D eigenvalue weighted by Crippen LogP contribution is -2.39. The lowest BCUT2D eigenvalue weighted by molar-refractivity contribution is 0.142. The number of aromatic nitrogens is 1. The van der Waals surface area contributed by atoms with Gasteiger partial charge in [-0.1, -0.05) is 12.1 Å². The van der Waals surface area contributed by atoms with Crippen LogP contribution in [0.15, 0.2) is 24.3 Å². The van der Waals surface area contributed by atoms with Crippen LogP contribution in [-0.4, -0.2) is 36.1 Å². The predicted molar refractivity (Wildman–Crippen MR) is 93.9 cm³/mol. The number of hydrogen-bond donors (Lipinski definition) is 1. The number of hydrogen-bond acceptors (Lipinski definition) is 4. The molecule has 21 heavy (non-hydrogen) atoms. The van der Waals surface area contributed by atoms with Gasteiger partial charge in [0.05, 0.1) is 16.8 Å². The van der Waals surface area contributed by atoms with Crippen molar-refractivity contribution >= 4 is 46.4 Å². The molecule has 1 N–H and O–H groups in total. The van der Waals surface area contributed by atoms with E-state index in [1.807, 2.05) is 11.3 Å². The van der Waals surface area contributed by atoms with E-state index in [0.717, 1.165) is 23.9 Å². The van der Waals surface area contributed by atoms with Crippen molar-refractivity contribution in [3.05, 3.63) is 29.3 Å². The normalized spacial score (nSPS) is 25.1. The highest BCUT2D eigenvalue weighted by Gasteiger charge is 2.32. The zero-order valence-electron chi connectivity index (χ0n) is 11.8. The molecule has 2 saturated heterocycles. The van der Waals surface area contributed by atoms with Crippen molar-refractivity contribution in [1.82, 2.24) is 15.2 Å². The summed E-state index contributed by atoms with van der Waals surface area (Å²) < 4.78 is 1.31. The van der Waals surface area contributed by atoms with Crippen LogP contribution >= 0.6 is 36.2 Å². The maximum absolute atomic E-state index is 4.75. The van der Waals surface area contributed by atoms with Crippen LogP contribution in [0.1, 0.15) is 11.4 Å². The van der Waals surface area contributed by atoms with Gasteiger partial charge in [0.15, 0.2) is 0 Å². The third-order valence-electron chi connectivity index (χ3n) is 4.49. The lowest BCUT2D eigenvalue weighted by atomic mass is 9.89. The second kappa shape index (κ2) is 7.25. The van der Waals surface area contributed by atoms with Crippen LogP contribution in [0.3, 0.4) is 0 Å². The molecule has 1 aromatic heterocycles. The molecule has 2 aliphatic rings. The molecule has 0 radical (unpaired) electrons. The summed E-state index contributed by atoms with van der Waals surface area (Å²) in [5.74, 6) is 1.79. The second-order valence-corrected chi connectivity index (χ2v) is 6.89. The van der Waals surface area contributed by atoms with Crippen LogP contribution in [-0.2, 0) is 6.54 Å². The SMILES string of the molecule is Cl.Cl.c1ccc2sc(CN3CCC4CNCC4C3)nc2c1. The third kappa shape index (κ3) is 3.51. The Morgan fingerprint density at radius 2 is 2.00 bits per heavy atom. The van der Waals surface area contributed by atoms with Crippen molar-refractivity contribution in [3.8, 4) is 0 Å². The maximum atomic E-state index is 4.75. The molecule has 2 fully saturated rings. The Balaban J connectivity index is 0.000000807. The summed E-state index contributed by atoms with van der Waals surface area (Å²) in [6, 6.07) is 8.45. The monoisotopic (exact) mass is 345 g/mol. The van der Waals surface area contributed by atoms with Crippen LogP contribution in [0.25, 0.3) is 10.2 Å². The number of piperidine rings is 1. The average Bonchev–Trinajstić information content (AvgIpc) is 3.03. The van der Waals surface area contributed by atoms with Crippen molar-refractivity contribution < 1.29 is 0 Å². The molecule has 0 aliphatic carbocycles. The quantitative estimate of drug-likeness (QED) is 0.905. The smallest absolute Gasteiger partial charge is 0.108 e. The topological polar surface area (TPSA) is 28.2 Å². The Hall–Kier alpha value is -0.390. The van der Waals surface area contributed by atoms with Crippen molar-refractivity contribution in [2.45, 2.75) is 13.0 Å². The van der Waals surface area contributed by atoms with Crippen LogP contribution in [0.2, 0.25) is 0 Å². The van der Waals surface area contributed by atoms with Gasteiger partial charge in [-0.15, -0.1) is 36.2 Å². The Labute approximate surface area is 141 Å². The molecule has 2 aromatic rings. The maximum Gasteiger partial charge on any atom is 0.108 e. The fraction of sp³-hybridized carbons (Fsp3) is 0.533. The molecule has 3 heterocycles. The van der Waals surface area contributed by atoms with Gasteiger partial charge in [0, 0.05) is 6.54 Å². The minimum atomic E-state index is 0. The lowest BCUT2D eigenvalue weighted by Gasteiger charge is -2.33. The Morgan fingerprint density at radius 1 is 1.19 bits per heavy atom. The second-order valence-electron chi connectivity index (χ2n) is 5.78. The molecule has 2 aliphatic heterocycles. The van der Waals surface area contributed by atoms with E-state index in [4.69, 9.17) is 4.98 Å². The van der Waals surface area contributed by atoms with Crippen LogP contribution in [0, 0.1) is 11.8 Å². The fourth-order valence-electron chi connectivity index (χ4n) is 3.43. The minimum Gasteiger partial charge on any atom is -0.316 e. The summed E-state index contributed by atoms with van der Waals surface area (Å²) in [5.41, 5.74) is 1.15. The van der Waals surface area contributed by atoms with Gasteiger partial charge >= 0.3 is 0 Å². The first-order valence-corrected chi connectivity index (χ1v) is 7.97. The summed E-state index contributed by atoms with van der Waals surface area (Å²) >= 11 is 1.85. The van der Waals surface area contributed by atoms with Crippen molar-refractivity contribution in [1.29, 1.82) is 0 Å². The van der Waals surface area contributed by atoms with Gasteiger partial charge in [-0.05, 0) is 50.0 Å². The Bertz CT molecular complexity index is 556. The number of thiazole rings is 1. The molecule has 0 amide bonds. The zero-order valence-corrected chi connectivity index (χ0v) is 14.3. The van der Waals surface area contributed by atoms with E-state index in [9.17, 15) is 0 Å². The first-order valence-electron chi connectivity index (χ1n) is 7.16. The molecule has 6 heteroatoms. The van der Waals surface area contributed by atoms with E-state index in [0.29, 0.717) is 0 Å². The molecular formula is C15H21Cl2N3S. The standard InChI is InChI=1S/C15H19N3S.2ClH/c1-2-4-14-13(3-1)17-15(19-14)10-18-6-5-11-7-16-8-12(11)9-18;;/h1-4,11-12,16H,5-10H2;2*1H. The van der Waals surface area contributed by atoms with E-state index >= 15 is 0 Å². The summed E-state index contributed by atoms with van der Waals surface area (Å²) in [5, 5.41) is 4.80. The Kier molecular flexibility index (Phi) is 5.86. The third-order valence-corrected chi connectivity index (χ3v) is 5.51. The number of benzene rings is 1. The Morgan fingerprint density at radius 3 is 2.86 bits per heavy atom. The molecule has 1 aromatic carbocycles. The van der Waals surface area contributed by atoms with Crippen molar-refractivity contribution in [2.24, 2.45) is 11.8 Å². The van der Waals surface area contributed by atoms with Crippen LogP contribution in [0.4, 0.5) is 0 Å². The number of rotatable bonds is 2. The largest absolute Gasteiger partial charge is 0.316 e. The molecule has 0 bridgehead atoms. The molecular weight excluding hydrogens is 325 g/mol. The number of likely N-dealkylation sites (tertiary alicyclic amines) is 1. The van der Waals surface area contributed by atoms with Crippen molar-refractivity contribution in [2.75, 3.05) is 26.2 Å². The number of fused-ring (bicyclic) bond motifs is 2. The van der Waals surface area contributed by atoms with E-state index in [1.165, 1.54) is 42.3 Å². The van der Waals surface area contributed by atoms with E-state index < -0.39 is 0 Å². The number of nitrogens with one attached hydrogen (secondary N) is 1. The molecule has 2 unspecified atom stereocenters. The molecule has 3 nitrogen and oxygen atoms in total. The molecule has 0 spiro atoms. The highest BCUT2D eigenvalue weighted by atomic mass is 35.5. The van der Waals surface area contributed by atoms with E-state index in [-0.39, 0.29) is 24.8 Å². The summed E-state index contributed by atoms with van der Waals surface area (Å²) in [6.07, 6.45) is 1.35. The van der Waals surface area contributed by atoms with Gasteiger partial charge in [-0.25, -0.2) is 4.98 Å². The van der Waals surface area contributed by atoms with E-state index in [2.05, 4.69) is 34.5 Å². The molecule has 116 valence electrons. The number of halogens is 2. The number of para-hydroxylation sites is 1. The van der Waals surface area contributed by atoms with Crippen LogP contribution in [0.5, 0.6) is 0 Å². The first kappa shape index (κ1) is 17.0. The fourth-order valence-corrected chi connectivity index (χ4v) is 4.44. The van der Waals surface area contributed by atoms with Gasteiger partial charge in [0.1, 0.15) is 5.01 Å². The number of nitrogens with zero attached hydrogens (tertiary/aromatic N) is 2. The van der Waals surface area contributed by atoms with Gasteiger partial charge in [0.2, 0.25) is 0 Å². The zero-order chi connectivity index (χ0) is 12.7. The van der Waals surface area contributed by atoms with Gasteiger partial charge in [-0.2, -0.15) is 0 Å². The average molecular weight is 346 g/mol. The molecule has 0 saturated carbocycles. The highest BCUT2D eigenvalue weighted by Crippen LogP contribution is 2.29. The van der Waals surface area contributed by atoms with Crippen molar-refractivity contribution in [3.63, 3.8) is 0 Å². The van der Waals surface area contributed by atoms with Gasteiger partial charge in [-0.3, -0.25) is 4.90 Å². The summed E-state index contributed by atoms with van der Waals surface area (Å²) in [7, 11) is 0. The molecule has 2 atom stereocenters. The first-order chi connectivity index (χ1) is 9.38. The van der Waals surface area contributed by atoms with E-state index in [1.54, 1.807) is 0 Å². The highest BCUT2D eigenvalue weighted by molar-refractivity contribution is 7.18. The summed E-state index contributed by atoms with van der Waals surface area (Å²) in [4.78, 5) is 7.34.